The second-order valence-electron chi connectivity index (χ2n) is 6.79. The summed E-state index contributed by atoms with van der Waals surface area (Å²) in [7, 11) is 0. The predicted octanol–water partition coefficient (Wildman–Crippen LogP) is 1.42. The number of esters is 1. The number of rotatable bonds is 4. The molecule has 0 aromatic heterocycles. The lowest BCUT2D eigenvalue weighted by Crippen LogP contribution is -2.56. The Bertz CT molecular complexity index is 968. The van der Waals surface area contributed by atoms with E-state index in [1.54, 1.807) is 18.2 Å². The maximum Gasteiger partial charge on any atom is 0.339 e. The number of benzene rings is 2. The summed E-state index contributed by atoms with van der Waals surface area (Å²) < 4.78 is 5.31. The van der Waals surface area contributed by atoms with Crippen LogP contribution >= 0.6 is 0 Å². The number of carbonyl (C=O) groups is 2. The summed E-state index contributed by atoms with van der Waals surface area (Å²) in [5.41, 5.74) is -3.11. The summed E-state index contributed by atoms with van der Waals surface area (Å²) in [6.07, 6.45) is 0.503. The molecule has 2 atom stereocenters. The third-order valence-electron chi connectivity index (χ3n) is 5.19. The van der Waals surface area contributed by atoms with Gasteiger partial charge in [-0.3, -0.25) is 4.79 Å². The van der Waals surface area contributed by atoms with Gasteiger partial charge in [0.25, 0.3) is 0 Å². The number of Topliss-reactive ketones (excluding diaryl/α,β-unsaturated/α-hetero) is 1. The number of allylic oxidation sites excluding steroid dienone is 1. The molecule has 6 nitrogen and oxygen atoms in total. The molecule has 2 aromatic carbocycles. The van der Waals surface area contributed by atoms with Crippen molar-refractivity contribution in [3.8, 4) is 0 Å². The molecule has 0 saturated heterocycles. The lowest BCUT2D eigenvalue weighted by Gasteiger charge is -2.31. The van der Waals surface area contributed by atoms with E-state index in [0.29, 0.717) is 6.42 Å². The van der Waals surface area contributed by atoms with Crippen molar-refractivity contribution in [2.75, 3.05) is 6.61 Å². The minimum absolute atomic E-state index is 0.0925. The van der Waals surface area contributed by atoms with Gasteiger partial charge < -0.3 is 20.3 Å². The van der Waals surface area contributed by atoms with E-state index in [9.17, 15) is 19.8 Å². The molecule has 1 aliphatic heterocycles. The van der Waals surface area contributed by atoms with Crippen molar-refractivity contribution in [1.29, 1.82) is 0 Å². The van der Waals surface area contributed by atoms with E-state index in [1.807, 2.05) is 30.3 Å². The fourth-order valence-corrected chi connectivity index (χ4v) is 3.89. The Morgan fingerprint density at radius 2 is 1.74 bits per heavy atom. The molecule has 2 aliphatic rings. The minimum Gasteiger partial charge on any atom is -0.462 e. The molecule has 4 rings (SSSR count). The highest BCUT2D eigenvalue weighted by Gasteiger charge is 2.70. The number of nitrogens with one attached hydrogen (secondary N) is 1. The van der Waals surface area contributed by atoms with Crippen LogP contribution in [-0.2, 0) is 21.7 Å². The molecule has 138 valence electrons. The Morgan fingerprint density at radius 3 is 2.48 bits per heavy atom. The SMILES string of the molecule is CC1=C(C(=O)OCCc2ccccc2)[C@@]2(O)C(=O)c3ccccc3[C@]2(O)N1. The first kappa shape index (κ1) is 17.5. The van der Waals surface area contributed by atoms with Gasteiger partial charge in [0.1, 0.15) is 5.57 Å². The highest BCUT2D eigenvalue weighted by molar-refractivity contribution is 6.16. The van der Waals surface area contributed by atoms with Crippen LogP contribution in [0.2, 0.25) is 0 Å². The third kappa shape index (κ3) is 2.34. The second-order valence-corrected chi connectivity index (χ2v) is 6.79. The fourth-order valence-electron chi connectivity index (χ4n) is 3.89. The van der Waals surface area contributed by atoms with Gasteiger partial charge in [-0.15, -0.1) is 0 Å². The molecular formula is C21H19NO5. The number of carbonyl (C=O) groups excluding carboxylic acids is 2. The molecule has 1 heterocycles. The van der Waals surface area contributed by atoms with Gasteiger partial charge in [-0.25, -0.2) is 4.79 Å². The van der Waals surface area contributed by atoms with Gasteiger partial charge in [-0.2, -0.15) is 0 Å². The summed E-state index contributed by atoms with van der Waals surface area (Å²) in [6.45, 7) is 1.62. The molecule has 0 bridgehead atoms. The van der Waals surface area contributed by atoms with E-state index in [1.165, 1.54) is 13.0 Å². The van der Waals surface area contributed by atoms with Gasteiger partial charge in [0.05, 0.1) is 6.61 Å². The fraction of sp³-hybridized carbons (Fsp3) is 0.238. The molecule has 0 radical (unpaired) electrons. The Labute approximate surface area is 156 Å². The van der Waals surface area contributed by atoms with E-state index in [2.05, 4.69) is 5.32 Å². The van der Waals surface area contributed by atoms with Gasteiger partial charge >= 0.3 is 5.97 Å². The van der Waals surface area contributed by atoms with Crippen LogP contribution in [0.3, 0.4) is 0 Å². The molecule has 0 saturated carbocycles. The van der Waals surface area contributed by atoms with Crippen molar-refractivity contribution < 1.29 is 24.5 Å². The maximum absolute atomic E-state index is 12.9. The van der Waals surface area contributed by atoms with Crippen LogP contribution in [0.25, 0.3) is 0 Å². The topological polar surface area (TPSA) is 95.9 Å². The molecule has 0 spiro atoms. The smallest absolute Gasteiger partial charge is 0.339 e. The second kappa shape index (κ2) is 6.04. The highest BCUT2D eigenvalue weighted by atomic mass is 16.5. The molecular weight excluding hydrogens is 346 g/mol. The average Bonchev–Trinajstić information content (AvgIpc) is 2.97. The number of ketones is 1. The lowest BCUT2D eigenvalue weighted by atomic mass is 9.85. The minimum atomic E-state index is -2.41. The van der Waals surface area contributed by atoms with E-state index in [4.69, 9.17) is 4.74 Å². The van der Waals surface area contributed by atoms with Crippen LogP contribution in [0.4, 0.5) is 0 Å². The quantitative estimate of drug-likeness (QED) is 0.710. The van der Waals surface area contributed by atoms with Crippen LogP contribution in [0.1, 0.15) is 28.4 Å². The molecule has 0 fully saturated rings. The Balaban J connectivity index is 1.59. The van der Waals surface area contributed by atoms with Gasteiger partial charge in [-0.05, 0) is 12.5 Å². The van der Waals surface area contributed by atoms with Crippen molar-refractivity contribution in [3.63, 3.8) is 0 Å². The van der Waals surface area contributed by atoms with E-state index < -0.39 is 23.1 Å². The van der Waals surface area contributed by atoms with Gasteiger partial charge in [0, 0.05) is 23.2 Å². The summed E-state index contributed by atoms with van der Waals surface area (Å²) in [4.78, 5) is 25.6. The van der Waals surface area contributed by atoms with Gasteiger partial charge in [0.2, 0.25) is 17.1 Å². The van der Waals surface area contributed by atoms with Crippen molar-refractivity contribution in [3.05, 3.63) is 82.6 Å². The average molecular weight is 365 g/mol. The first-order valence-corrected chi connectivity index (χ1v) is 8.69. The highest BCUT2D eigenvalue weighted by Crippen LogP contribution is 2.51. The van der Waals surface area contributed by atoms with E-state index in [0.717, 1.165) is 5.56 Å². The van der Waals surface area contributed by atoms with Gasteiger partial charge in [0.15, 0.2) is 0 Å². The molecule has 1 aliphatic carbocycles. The summed E-state index contributed by atoms with van der Waals surface area (Å²) in [6, 6.07) is 15.9. The molecule has 2 aromatic rings. The normalized spacial score (nSPS) is 25.8. The summed E-state index contributed by atoms with van der Waals surface area (Å²) >= 11 is 0. The lowest BCUT2D eigenvalue weighted by molar-refractivity contribution is -0.146. The van der Waals surface area contributed by atoms with E-state index in [-0.39, 0.29) is 29.0 Å². The first-order valence-electron chi connectivity index (χ1n) is 8.69. The van der Waals surface area contributed by atoms with Crippen molar-refractivity contribution >= 4 is 11.8 Å². The van der Waals surface area contributed by atoms with Crippen LogP contribution in [0.5, 0.6) is 0 Å². The van der Waals surface area contributed by atoms with Crippen molar-refractivity contribution in [2.45, 2.75) is 24.7 Å². The zero-order valence-electron chi connectivity index (χ0n) is 14.7. The van der Waals surface area contributed by atoms with Crippen molar-refractivity contribution in [1.82, 2.24) is 5.32 Å². The standard InChI is InChI=1S/C21H19NO5/c1-13-17(19(24)27-12-11-14-7-3-2-4-8-14)20(25)18(23)15-9-5-6-10-16(15)21(20,26)22-13/h2-10,22,25-26H,11-12H2,1H3/t20-,21-/m1/s1. The zero-order chi connectivity index (χ0) is 19.2. The summed E-state index contributed by atoms with van der Waals surface area (Å²) in [5, 5.41) is 25.0. The molecule has 0 unspecified atom stereocenters. The Morgan fingerprint density at radius 1 is 1.07 bits per heavy atom. The number of ether oxygens (including phenoxy) is 1. The monoisotopic (exact) mass is 365 g/mol. The van der Waals surface area contributed by atoms with Crippen molar-refractivity contribution in [2.24, 2.45) is 0 Å². The third-order valence-corrected chi connectivity index (χ3v) is 5.19. The molecule has 27 heavy (non-hydrogen) atoms. The number of hydrogen-bond donors (Lipinski definition) is 3. The molecule has 3 N–H and O–H groups in total. The number of aliphatic hydroxyl groups is 2. The van der Waals surface area contributed by atoms with Gasteiger partial charge in [-0.1, -0.05) is 54.6 Å². The number of fused-ring (bicyclic) bond motifs is 3. The van der Waals surface area contributed by atoms with Crippen LogP contribution in [0, 0.1) is 0 Å². The number of hydrogen-bond acceptors (Lipinski definition) is 6. The Kier molecular flexibility index (Phi) is 3.91. The predicted molar refractivity (Wildman–Crippen MR) is 96.6 cm³/mol. The Hall–Kier alpha value is -2.96. The van der Waals surface area contributed by atoms with Crippen LogP contribution in [-0.4, -0.2) is 34.2 Å². The van der Waals surface area contributed by atoms with E-state index >= 15 is 0 Å². The first-order chi connectivity index (χ1) is 12.9. The largest absolute Gasteiger partial charge is 0.462 e. The van der Waals surface area contributed by atoms with Crippen LogP contribution in [0.15, 0.2) is 65.9 Å². The maximum atomic E-state index is 12.9. The molecule has 6 heteroatoms. The molecule has 0 amide bonds. The van der Waals surface area contributed by atoms with Crippen LogP contribution < -0.4 is 5.32 Å². The summed E-state index contributed by atoms with van der Waals surface area (Å²) in [5.74, 6) is -1.55. The zero-order valence-corrected chi connectivity index (χ0v) is 14.7.